The minimum Gasteiger partial charge on any atom is -0.435 e. The number of aliphatic hydroxyl groups is 5. The van der Waals surface area contributed by atoms with Crippen molar-refractivity contribution in [1.29, 1.82) is 0 Å². The lowest BCUT2D eigenvalue weighted by atomic mass is 10.0. The van der Waals surface area contributed by atoms with Crippen LogP contribution in [0.2, 0.25) is 0 Å². The minimum atomic E-state index is -1.98. The summed E-state index contributed by atoms with van der Waals surface area (Å²) in [7, 11) is 1.32. The van der Waals surface area contributed by atoms with Crippen LogP contribution in [0.1, 0.15) is 110 Å². The van der Waals surface area contributed by atoms with Gasteiger partial charge in [-0.25, -0.2) is 4.79 Å². The Labute approximate surface area is 223 Å². The summed E-state index contributed by atoms with van der Waals surface area (Å²) >= 11 is 0. The van der Waals surface area contributed by atoms with Crippen LogP contribution >= 0.6 is 0 Å². The lowest BCUT2D eigenvalue weighted by molar-refractivity contribution is -0.193. The largest absolute Gasteiger partial charge is 0.435 e. The molecule has 5 atom stereocenters. The molecule has 0 rings (SSSR count). The molecule has 9 heteroatoms. The normalized spacial score (nSPS) is 15.4. The van der Waals surface area contributed by atoms with Crippen molar-refractivity contribution >= 4 is 11.9 Å². The van der Waals surface area contributed by atoms with Gasteiger partial charge in [0.1, 0.15) is 24.4 Å². The van der Waals surface area contributed by atoms with Crippen LogP contribution in [0, 0.1) is 0 Å². The number of ether oxygens (including phenoxy) is 1. The van der Waals surface area contributed by atoms with Gasteiger partial charge in [-0.3, -0.25) is 4.79 Å². The van der Waals surface area contributed by atoms with E-state index < -0.39 is 49.1 Å². The van der Waals surface area contributed by atoms with Gasteiger partial charge in [-0.15, -0.1) is 0 Å². The number of carbonyl (C=O) groups excluding carboxylic acids is 2. The molecule has 0 aromatic heterocycles. The number of esters is 1. The van der Waals surface area contributed by atoms with Gasteiger partial charge in [-0.05, 0) is 6.42 Å². The van der Waals surface area contributed by atoms with Crippen LogP contribution in [0.25, 0.3) is 0 Å². The molecular weight excluding hydrogens is 478 g/mol. The van der Waals surface area contributed by atoms with Gasteiger partial charge in [-0.2, -0.15) is 0 Å². The van der Waals surface area contributed by atoms with Crippen LogP contribution in [0.3, 0.4) is 0 Å². The van der Waals surface area contributed by atoms with E-state index in [9.17, 15) is 30.0 Å². The summed E-state index contributed by atoms with van der Waals surface area (Å²) in [6.45, 7) is 4.66. The topological polar surface area (TPSA) is 148 Å². The van der Waals surface area contributed by atoms with Crippen LogP contribution in [-0.4, -0.2) is 86.6 Å². The molecule has 0 aliphatic heterocycles. The number of carbonyl (C=O) groups is 2. The van der Waals surface area contributed by atoms with Gasteiger partial charge in [0, 0.05) is 19.5 Å². The Morgan fingerprint density at radius 1 is 0.757 bits per heavy atom. The predicted molar refractivity (Wildman–Crippen MR) is 144 cm³/mol. The van der Waals surface area contributed by atoms with E-state index in [1.165, 1.54) is 77.7 Å². The SMILES string of the molecule is C=CC(=O)OC([C@H](O)[C@@H](O)[C@H](O)[C@H](O)CO)N(C)C(=O)CCCCCCCCCCCCCCCCC. The molecule has 0 aliphatic carbocycles. The molecule has 5 N–H and O–H groups in total. The number of aliphatic hydroxyl groups excluding tert-OH is 5. The van der Waals surface area contributed by atoms with Crippen molar-refractivity contribution in [3.05, 3.63) is 12.7 Å². The summed E-state index contributed by atoms with van der Waals surface area (Å²) < 4.78 is 5.04. The zero-order valence-electron chi connectivity index (χ0n) is 23.1. The fourth-order valence-corrected chi connectivity index (χ4v) is 4.22. The van der Waals surface area contributed by atoms with Gasteiger partial charge in [0.15, 0.2) is 0 Å². The first-order valence-electron chi connectivity index (χ1n) is 14.1. The third kappa shape index (κ3) is 16.1. The van der Waals surface area contributed by atoms with E-state index in [-0.39, 0.29) is 6.42 Å². The molecule has 0 aromatic rings. The number of unbranched alkanes of at least 4 members (excludes halogenated alkanes) is 14. The second kappa shape index (κ2) is 22.5. The van der Waals surface area contributed by atoms with Gasteiger partial charge in [0.2, 0.25) is 12.1 Å². The van der Waals surface area contributed by atoms with E-state index in [0.29, 0.717) is 6.42 Å². The highest BCUT2D eigenvalue weighted by Gasteiger charge is 2.39. The predicted octanol–water partition coefficient (Wildman–Crippen LogP) is 3.20. The molecule has 0 radical (unpaired) electrons. The highest BCUT2D eigenvalue weighted by atomic mass is 16.6. The average Bonchev–Trinajstić information content (AvgIpc) is 2.91. The summed E-state index contributed by atoms with van der Waals surface area (Å²) in [6, 6.07) is 0. The van der Waals surface area contributed by atoms with Gasteiger partial charge in [0.25, 0.3) is 0 Å². The van der Waals surface area contributed by atoms with Crippen molar-refractivity contribution in [2.75, 3.05) is 13.7 Å². The lowest BCUT2D eigenvalue weighted by Crippen LogP contribution is -2.56. The summed E-state index contributed by atoms with van der Waals surface area (Å²) in [5.41, 5.74) is 0. The Bertz CT molecular complexity index is 603. The zero-order valence-corrected chi connectivity index (χ0v) is 23.1. The molecule has 0 saturated carbocycles. The number of hydrogen-bond donors (Lipinski definition) is 5. The fourth-order valence-electron chi connectivity index (χ4n) is 4.22. The highest BCUT2D eigenvalue weighted by molar-refractivity contribution is 5.82. The van der Waals surface area contributed by atoms with Crippen LogP contribution in [0.4, 0.5) is 0 Å². The molecular formula is C28H53NO8. The molecule has 1 amide bonds. The van der Waals surface area contributed by atoms with E-state index in [4.69, 9.17) is 9.84 Å². The number of likely N-dealkylation sites (N-methyl/N-ethyl adjacent to an activating group) is 1. The van der Waals surface area contributed by atoms with E-state index in [0.717, 1.165) is 30.2 Å². The Morgan fingerprint density at radius 3 is 1.59 bits per heavy atom. The Morgan fingerprint density at radius 2 is 1.19 bits per heavy atom. The molecule has 1 unspecified atom stereocenters. The quantitative estimate of drug-likeness (QED) is 0.0552. The van der Waals surface area contributed by atoms with E-state index in [1.807, 2.05) is 0 Å². The Kier molecular flexibility index (Phi) is 21.5. The summed E-state index contributed by atoms with van der Waals surface area (Å²) in [6.07, 6.45) is 9.97. The van der Waals surface area contributed by atoms with Crippen molar-refractivity contribution in [3.8, 4) is 0 Å². The fraction of sp³-hybridized carbons (Fsp3) is 0.857. The van der Waals surface area contributed by atoms with Crippen LogP contribution in [0.5, 0.6) is 0 Å². The number of hydrogen-bond acceptors (Lipinski definition) is 8. The standard InChI is InChI=1S/C28H53NO8/c1-4-6-7-8-9-10-11-12-13-14-15-16-17-18-19-20-23(32)29(3)28(37-24(33)5-2)27(36)26(35)25(34)22(31)21-30/h5,22,25-28,30-31,34-36H,2,4,6-21H2,1,3H3/t22-,25-,26+,27-,28?/m1/s1. The van der Waals surface area contributed by atoms with Crippen LogP contribution in [0.15, 0.2) is 12.7 Å². The maximum atomic E-state index is 12.6. The van der Waals surface area contributed by atoms with E-state index in [2.05, 4.69) is 13.5 Å². The van der Waals surface area contributed by atoms with Crippen molar-refractivity contribution in [3.63, 3.8) is 0 Å². The van der Waals surface area contributed by atoms with Gasteiger partial charge in [0.05, 0.1) is 6.61 Å². The van der Waals surface area contributed by atoms with Crippen molar-refractivity contribution in [2.45, 2.75) is 140 Å². The molecule has 0 fully saturated rings. The van der Waals surface area contributed by atoms with E-state index >= 15 is 0 Å². The van der Waals surface area contributed by atoms with Crippen molar-refractivity contribution < 1.29 is 39.9 Å². The number of amides is 1. The molecule has 218 valence electrons. The monoisotopic (exact) mass is 531 g/mol. The third-order valence-electron chi connectivity index (χ3n) is 6.75. The highest BCUT2D eigenvalue weighted by Crippen LogP contribution is 2.17. The second-order valence-electron chi connectivity index (χ2n) is 9.96. The Hall–Kier alpha value is -1.52. The molecule has 0 spiro atoms. The maximum absolute atomic E-state index is 12.6. The molecule has 0 bridgehead atoms. The first-order chi connectivity index (χ1) is 17.7. The summed E-state index contributed by atoms with van der Waals surface area (Å²) in [5, 5.41) is 49.0. The number of nitrogens with zero attached hydrogens (tertiary/aromatic N) is 1. The molecule has 0 heterocycles. The molecule has 37 heavy (non-hydrogen) atoms. The number of rotatable bonds is 24. The average molecular weight is 532 g/mol. The van der Waals surface area contributed by atoms with Gasteiger partial charge < -0.3 is 35.2 Å². The van der Waals surface area contributed by atoms with Crippen molar-refractivity contribution in [1.82, 2.24) is 4.90 Å². The first-order valence-corrected chi connectivity index (χ1v) is 14.1. The zero-order chi connectivity index (χ0) is 28.1. The summed E-state index contributed by atoms with van der Waals surface area (Å²) in [4.78, 5) is 25.4. The Balaban J connectivity index is 4.26. The van der Waals surface area contributed by atoms with Gasteiger partial charge in [-0.1, -0.05) is 103 Å². The molecule has 0 aliphatic rings. The maximum Gasteiger partial charge on any atom is 0.332 e. The smallest absolute Gasteiger partial charge is 0.332 e. The van der Waals surface area contributed by atoms with Crippen LogP contribution < -0.4 is 0 Å². The molecule has 0 aromatic carbocycles. The van der Waals surface area contributed by atoms with E-state index in [1.54, 1.807) is 0 Å². The van der Waals surface area contributed by atoms with Gasteiger partial charge >= 0.3 is 5.97 Å². The first kappa shape index (κ1) is 35.5. The third-order valence-corrected chi connectivity index (χ3v) is 6.75. The lowest BCUT2D eigenvalue weighted by Gasteiger charge is -2.35. The second-order valence-corrected chi connectivity index (χ2v) is 9.96. The van der Waals surface area contributed by atoms with Crippen LogP contribution in [-0.2, 0) is 14.3 Å². The molecule has 9 nitrogen and oxygen atoms in total. The summed E-state index contributed by atoms with van der Waals surface area (Å²) in [5.74, 6) is -1.33. The molecule has 0 saturated heterocycles. The minimum absolute atomic E-state index is 0.168. The van der Waals surface area contributed by atoms with Crippen molar-refractivity contribution in [2.24, 2.45) is 0 Å².